The summed E-state index contributed by atoms with van der Waals surface area (Å²) in [7, 11) is 0. The Kier molecular flexibility index (Phi) is 4.50. The van der Waals surface area contributed by atoms with E-state index in [1.807, 2.05) is 33.1 Å². The lowest BCUT2D eigenvalue weighted by Crippen LogP contribution is -2.55. The molecular formula is C13H23N3OS. The summed E-state index contributed by atoms with van der Waals surface area (Å²) in [5.41, 5.74) is 4.89. The molecule has 0 aromatic carbocycles. The van der Waals surface area contributed by atoms with Crippen LogP contribution in [-0.4, -0.2) is 23.0 Å². The van der Waals surface area contributed by atoms with E-state index in [1.54, 1.807) is 17.5 Å². The fraction of sp³-hybridized carbons (Fsp3) is 0.692. The Hall–Kier alpha value is -0.940. The lowest BCUT2D eigenvalue weighted by Gasteiger charge is -2.37. The number of hydrogen-bond donors (Lipinski definition) is 2. The van der Waals surface area contributed by atoms with Crippen molar-refractivity contribution in [3.63, 3.8) is 0 Å². The summed E-state index contributed by atoms with van der Waals surface area (Å²) in [5.74, 6) is 0.212. The number of rotatable bonds is 5. The molecule has 0 bridgehead atoms. The molecular weight excluding hydrogens is 246 g/mol. The summed E-state index contributed by atoms with van der Waals surface area (Å²) in [5, 5.41) is 5.95. The number of aromatic nitrogens is 1. The highest BCUT2D eigenvalue weighted by atomic mass is 32.1. The predicted octanol–water partition coefficient (Wildman–Crippen LogP) is 2.13. The van der Waals surface area contributed by atoms with Gasteiger partial charge in [-0.15, -0.1) is 11.3 Å². The normalized spacial score (nSPS) is 14.3. The maximum Gasteiger partial charge on any atom is 0.227 e. The number of nitrogens with zero attached hydrogens (tertiary/aromatic N) is 1. The average Bonchev–Trinajstić information content (AvgIpc) is 2.76. The Balaban J connectivity index is 2.57. The summed E-state index contributed by atoms with van der Waals surface area (Å²) >= 11 is 1.61. The number of hydrogen-bond acceptors (Lipinski definition) is 4. The number of carbonyl (C=O) groups is 1. The molecule has 0 saturated carbocycles. The van der Waals surface area contributed by atoms with Crippen molar-refractivity contribution in [3.05, 3.63) is 16.6 Å². The number of amides is 1. The van der Waals surface area contributed by atoms with Crippen LogP contribution in [0, 0.1) is 5.41 Å². The molecule has 1 heterocycles. The van der Waals surface area contributed by atoms with Crippen LogP contribution in [0.5, 0.6) is 0 Å². The fourth-order valence-electron chi connectivity index (χ4n) is 1.32. The molecule has 1 aromatic heterocycles. The maximum atomic E-state index is 12.2. The highest BCUT2D eigenvalue weighted by molar-refractivity contribution is 7.09. The molecule has 0 aliphatic carbocycles. The van der Waals surface area contributed by atoms with Gasteiger partial charge >= 0.3 is 0 Å². The van der Waals surface area contributed by atoms with Gasteiger partial charge in [-0.25, -0.2) is 4.98 Å². The minimum Gasteiger partial charge on any atom is -0.355 e. The molecule has 1 aromatic rings. The zero-order valence-electron chi connectivity index (χ0n) is 11.8. The van der Waals surface area contributed by atoms with E-state index in [2.05, 4.69) is 17.2 Å². The first-order valence-corrected chi connectivity index (χ1v) is 7.01. The van der Waals surface area contributed by atoms with Crippen LogP contribution in [0.4, 0.5) is 0 Å². The molecule has 1 atom stereocenters. The molecule has 0 fully saturated rings. The zero-order valence-corrected chi connectivity index (χ0v) is 12.6. The Bertz CT molecular complexity index is 393. The Morgan fingerprint density at radius 3 is 2.56 bits per heavy atom. The standard InChI is InChI=1S/C13H23N3OS/c1-9(10-15-6-7-18-10)8-16-11(17)12(2,3)13(4,5)14/h6-7,9H,8,14H2,1-5H3,(H,16,17). The summed E-state index contributed by atoms with van der Waals surface area (Å²) in [6.45, 7) is 10.1. The quantitative estimate of drug-likeness (QED) is 0.860. The smallest absolute Gasteiger partial charge is 0.227 e. The van der Waals surface area contributed by atoms with E-state index in [0.29, 0.717) is 6.54 Å². The van der Waals surface area contributed by atoms with Crippen molar-refractivity contribution in [1.29, 1.82) is 0 Å². The zero-order chi connectivity index (χ0) is 14.0. The Labute approximate surface area is 113 Å². The van der Waals surface area contributed by atoms with Crippen LogP contribution in [0.25, 0.3) is 0 Å². The van der Waals surface area contributed by atoms with Crippen molar-refractivity contribution in [2.75, 3.05) is 6.54 Å². The van der Waals surface area contributed by atoms with E-state index in [1.165, 1.54) is 0 Å². The monoisotopic (exact) mass is 269 g/mol. The van der Waals surface area contributed by atoms with Crippen LogP contribution >= 0.6 is 11.3 Å². The molecule has 18 heavy (non-hydrogen) atoms. The van der Waals surface area contributed by atoms with E-state index >= 15 is 0 Å². The van der Waals surface area contributed by atoms with Crippen LogP contribution < -0.4 is 11.1 Å². The topological polar surface area (TPSA) is 68.0 Å². The SMILES string of the molecule is CC(CNC(=O)C(C)(C)C(C)(C)N)c1nccs1. The van der Waals surface area contributed by atoms with Gasteiger partial charge in [0, 0.05) is 29.6 Å². The van der Waals surface area contributed by atoms with E-state index < -0.39 is 11.0 Å². The average molecular weight is 269 g/mol. The lowest BCUT2D eigenvalue weighted by atomic mass is 9.74. The van der Waals surface area contributed by atoms with Crippen molar-refractivity contribution in [2.45, 2.75) is 46.1 Å². The predicted molar refractivity (Wildman–Crippen MR) is 75.6 cm³/mol. The summed E-state index contributed by atoms with van der Waals surface area (Å²) < 4.78 is 0. The molecule has 5 heteroatoms. The van der Waals surface area contributed by atoms with Crippen LogP contribution in [0.2, 0.25) is 0 Å². The van der Waals surface area contributed by atoms with Gasteiger partial charge in [0.1, 0.15) is 0 Å². The number of nitrogens with one attached hydrogen (secondary N) is 1. The minimum atomic E-state index is -0.602. The van der Waals surface area contributed by atoms with Gasteiger partial charge < -0.3 is 11.1 Å². The molecule has 3 N–H and O–H groups in total. The third-order valence-electron chi connectivity index (χ3n) is 3.62. The van der Waals surface area contributed by atoms with E-state index in [9.17, 15) is 4.79 Å². The highest BCUT2D eigenvalue weighted by Crippen LogP contribution is 2.28. The number of nitrogens with two attached hydrogens (primary N) is 1. The minimum absolute atomic E-state index is 0.0154. The molecule has 0 saturated heterocycles. The van der Waals surface area contributed by atoms with Gasteiger partial charge in [-0.05, 0) is 27.7 Å². The summed E-state index contributed by atoms with van der Waals surface area (Å²) in [4.78, 5) is 16.4. The lowest BCUT2D eigenvalue weighted by molar-refractivity contribution is -0.132. The Morgan fingerprint density at radius 2 is 2.11 bits per heavy atom. The maximum absolute atomic E-state index is 12.2. The number of carbonyl (C=O) groups excluding carboxylic acids is 1. The second kappa shape index (κ2) is 5.36. The van der Waals surface area contributed by atoms with Crippen LogP contribution in [0.15, 0.2) is 11.6 Å². The molecule has 1 unspecified atom stereocenters. The van der Waals surface area contributed by atoms with Gasteiger partial charge in [-0.1, -0.05) is 6.92 Å². The van der Waals surface area contributed by atoms with Gasteiger partial charge in [0.15, 0.2) is 0 Å². The highest BCUT2D eigenvalue weighted by Gasteiger charge is 2.40. The van der Waals surface area contributed by atoms with E-state index in [4.69, 9.17) is 5.73 Å². The third kappa shape index (κ3) is 3.29. The Morgan fingerprint density at radius 1 is 1.50 bits per heavy atom. The largest absolute Gasteiger partial charge is 0.355 e. The first-order valence-electron chi connectivity index (χ1n) is 6.13. The molecule has 102 valence electrons. The van der Waals surface area contributed by atoms with Crippen molar-refractivity contribution >= 4 is 17.2 Å². The third-order valence-corrected chi connectivity index (χ3v) is 4.63. The first-order chi connectivity index (χ1) is 8.16. The molecule has 0 spiro atoms. The molecule has 4 nitrogen and oxygen atoms in total. The summed E-state index contributed by atoms with van der Waals surface area (Å²) in [6.07, 6.45) is 1.78. The first kappa shape index (κ1) is 15.1. The van der Waals surface area contributed by atoms with Crippen LogP contribution in [0.3, 0.4) is 0 Å². The molecule has 0 radical (unpaired) electrons. The van der Waals surface area contributed by atoms with Gasteiger partial charge in [-0.2, -0.15) is 0 Å². The number of thiazole rings is 1. The van der Waals surface area contributed by atoms with Crippen LogP contribution in [-0.2, 0) is 4.79 Å². The van der Waals surface area contributed by atoms with Crippen molar-refractivity contribution < 1.29 is 4.79 Å². The van der Waals surface area contributed by atoms with E-state index in [-0.39, 0.29) is 11.8 Å². The fourth-order valence-corrected chi connectivity index (χ4v) is 2.02. The molecule has 1 rings (SSSR count). The van der Waals surface area contributed by atoms with Crippen molar-refractivity contribution in [3.8, 4) is 0 Å². The van der Waals surface area contributed by atoms with Crippen molar-refractivity contribution in [1.82, 2.24) is 10.3 Å². The van der Waals surface area contributed by atoms with Gasteiger partial charge in [-0.3, -0.25) is 4.79 Å². The summed E-state index contributed by atoms with van der Waals surface area (Å²) in [6, 6.07) is 0. The van der Waals surface area contributed by atoms with Gasteiger partial charge in [0.05, 0.1) is 10.4 Å². The van der Waals surface area contributed by atoms with Gasteiger partial charge in [0.2, 0.25) is 5.91 Å². The van der Waals surface area contributed by atoms with E-state index in [0.717, 1.165) is 5.01 Å². The second-order valence-electron chi connectivity index (χ2n) is 5.83. The molecule has 0 aliphatic rings. The molecule has 0 aliphatic heterocycles. The van der Waals surface area contributed by atoms with Gasteiger partial charge in [0.25, 0.3) is 0 Å². The second-order valence-corrected chi connectivity index (χ2v) is 6.75. The van der Waals surface area contributed by atoms with Crippen molar-refractivity contribution in [2.24, 2.45) is 11.1 Å². The molecule has 1 amide bonds. The van der Waals surface area contributed by atoms with Crippen LogP contribution in [0.1, 0.15) is 45.5 Å².